The molecule has 0 saturated heterocycles. The third kappa shape index (κ3) is 3.01. The summed E-state index contributed by atoms with van der Waals surface area (Å²) < 4.78 is 12.4. The average molecular weight is 326 g/mol. The number of hydrogen-bond acceptors (Lipinski definition) is 5. The zero-order valence-corrected chi connectivity index (χ0v) is 13.5. The Morgan fingerprint density at radius 2 is 1.83 bits per heavy atom. The molecule has 2 heterocycles. The first-order valence-electron chi connectivity index (χ1n) is 7.52. The highest BCUT2D eigenvalue weighted by molar-refractivity contribution is 5.99. The van der Waals surface area contributed by atoms with Crippen molar-refractivity contribution in [1.82, 2.24) is 19.9 Å². The number of carbonyl (C=O) groups is 1. The number of aromatic nitrogens is 3. The van der Waals surface area contributed by atoms with E-state index in [0.717, 1.165) is 11.5 Å². The normalized spacial score (nSPS) is 10.6. The lowest BCUT2D eigenvalue weighted by Crippen LogP contribution is -2.27. The predicted octanol–water partition coefficient (Wildman–Crippen LogP) is 1.72. The molecule has 0 bridgehead atoms. The summed E-state index contributed by atoms with van der Waals surface area (Å²) in [5.74, 6) is 1.48. The smallest absolute Gasteiger partial charge is 0.258 e. The summed E-state index contributed by atoms with van der Waals surface area (Å²) in [6.07, 6.45) is 2.46. The van der Waals surface area contributed by atoms with Crippen molar-refractivity contribution in [1.29, 1.82) is 0 Å². The van der Waals surface area contributed by atoms with E-state index in [-0.39, 0.29) is 5.91 Å². The average Bonchev–Trinajstić information content (AvgIpc) is 3.04. The molecule has 0 aliphatic carbocycles. The molecular weight excluding hydrogens is 308 g/mol. The van der Waals surface area contributed by atoms with E-state index in [1.807, 2.05) is 28.8 Å². The molecule has 7 heteroatoms. The van der Waals surface area contributed by atoms with E-state index in [0.29, 0.717) is 30.0 Å². The van der Waals surface area contributed by atoms with Crippen LogP contribution in [0.2, 0.25) is 0 Å². The van der Waals surface area contributed by atoms with Gasteiger partial charge >= 0.3 is 0 Å². The molecule has 1 aromatic carbocycles. The first-order chi connectivity index (χ1) is 11.7. The summed E-state index contributed by atoms with van der Waals surface area (Å²) in [5, 5.41) is 11.1. The van der Waals surface area contributed by atoms with Crippen LogP contribution in [-0.4, -0.2) is 41.3 Å². The minimum atomic E-state index is -0.252. The molecule has 0 radical (unpaired) electrons. The molecule has 124 valence electrons. The maximum Gasteiger partial charge on any atom is 0.258 e. The van der Waals surface area contributed by atoms with Gasteiger partial charge in [-0.15, -0.1) is 10.2 Å². The van der Waals surface area contributed by atoms with E-state index in [4.69, 9.17) is 9.47 Å². The second-order valence-corrected chi connectivity index (χ2v) is 5.09. The van der Waals surface area contributed by atoms with E-state index >= 15 is 0 Å². The van der Waals surface area contributed by atoms with E-state index < -0.39 is 0 Å². The van der Waals surface area contributed by atoms with Crippen molar-refractivity contribution < 1.29 is 14.3 Å². The van der Waals surface area contributed by atoms with Crippen molar-refractivity contribution in [3.63, 3.8) is 0 Å². The van der Waals surface area contributed by atoms with Gasteiger partial charge in [-0.2, -0.15) is 0 Å². The fourth-order valence-electron chi connectivity index (χ4n) is 2.51. The van der Waals surface area contributed by atoms with Crippen LogP contribution in [0.4, 0.5) is 0 Å². The van der Waals surface area contributed by atoms with Crippen LogP contribution >= 0.6 is 0 Å². The van der Waals surface area contributed by atoms with Crippen LogP contribution in [0.15, 0.2) is 42.6 Å². The first kappa shape index (κ1) is 15.8. The highest BCUT2D eigenvalue weighted by Crippen LogP contribution is 2.27. The summed E-state index contributed by atoms with van der Waals surface area (Å²) in [6, 6.07) is 10.9. The Hall–Kier alpha value is -3.09. The van der Waals surface area contributed by atoms with Crippen molar-refractivity contribution in [2.75, 3.05) is 20.8 Å². The zero-order valence-electron chi connectivity index (χ0n) is 13.5. The molecule has 0 fully saturated rings. The number of fused-ring (bicyclic) bond motifs is 1. The molecule has 2 aromatic heterocycles. The molecule has 24 heavy (non-hydrogen) atoms. The lowest BCUT2D eigenvalue weighted by Gasteiger charge is -2.12. The Bertz CT molecular complexity index is 838. The largest absolute Gasteiger partial charge is 0.496 e. The number of nitrogens with zero attached hydrogens (tertiary/aromatic N) is 3. The quantitative estimate of drug-likeness (QED) is 0.746. The van der Waals surface area contributed by atoms with E-state index in [1.54, 1.807) is 18.2 Å². The van der Waals surface area contributed by atoms with Gasteiger partial charge in [-0.05, 0) is 24.3 Å². The summed E-state index contributed by atoms with van der Waals surface area (Å²) in [5.41, 5.74) is 1.17. The van der Waals surface area contributed by atoms with Crippen LogP contribution < -0.4 is 14.8 Å². The number of methoxy groups -OCH3 is 2. The number of pyridine rings is 1. The van der Waals surface area contributed by atoms with Gasteiger partial charge in [0.25, 0.3) is 5.91 Å². The van der Waals surface area contributed by atoms with E-state index in [2.05, 4.69) is 15.5 Å². The topological polar surface area (TPSA) is 77.8 Å². The monoisotopic (exact) mass is 326 g/mol. The van der Waals surface area contributed by atoms with E-state index in [1.165, 1.54) is 14.2 Å². The Labute approximate surface area is 139 Å². The van der Waals surface area contributed by atoms with Crippen molar-refractivity contribution in [3.05, 3.63) is 54.0 Å². The van der Waals surface area contributed by atoms with Crippen molar-refractivity contribution in [2.24, 2.45) is 0 Å². The molecule has 3 rings (SSSR count). The van der Waals surface area contributed by atoms with Crippen molar-refractivity contribution >= 4 is 11.6 Å². The van der Waals surface area contributed by atoms with Crippen LogP contribution in [0.5, 0.6) is 11.5 Å². The van der Waals surface area contributed by atoms with Gasteiger partial charge < -0.3 is 14.8 Å². The second-order valence-electron chi connectivity index (χ2n) is 5.09. The number of carbonyl (C=O) groups excluding carboxylic acids is 1. The summed E-state index contributed by atoms with van der Waals surface area (Å²) in [7, 11) is 3.04. The summed E-state index contributed by atoms with van der Waals surface area (Å²) in [6.45, 7) is 0.426. The van der Waals surface area contributed by atoms with Gasteiger partial charge in [0.05, 0.1) is 14.2 Å². The molecular formula is C17H18N4O3. The molecule has 1 N–H and O–H groups in total. The van der Waals surface area contributed by atoms with Crippen LogP contribution in [0.25, 0.3) is 5.65 Å². The molecule has 1 amide bonds. The molecule has 0 unspecified atom stereocenters. The van der Waals surface area contributed by atoms with E-state index in [9.17, 15) is 4.79 Å². The van der Waals surface area contributed by atoms with Gasteiger partial charge in [0.15, 0.2) is 5.65 Å². The third-order valence-corrected chi connectivity index (χ3v) is 3.67. The Morgan fingerprint density at radius 1 is 1.08 bits per heavy atom. The number of amides is 1. The lowest BCUT2D eigenvalue weighted by atomic mass is 10.1. The number of benzene rings is 1. The van der Waals surface area contributed by atoms with Crippen molar-refractivity contribution in [3.8, 4) is 11.5 Å². The maximum absolute atomic E-state index is 12.5. The fraction of sp³-hybridized carbons (Fsp3) is 0.235. The van der Waals surface area contributed by atoms with Crippen LogP contribution in [-0.2, 0) is 6.42 Å². The fourth-order valence-corrected chi connectivity index (χ4v) is 2.51. The maximum atomic E-state index is 12.5. The number of ether oxygens (including phenoxy) is 2. The molecule has 0 saturated carbocycles. The lowest BCUT2D eigenvalue weighted by molar-refractivity contribution is 0.0947. The number of nitrogens with one attached hydrogen (secondary N) is 1. The van der Waals surface area contributed by atoms with Crippen LogP contribution in [0, 0.1) is 0 Å². The van der Waals surface area contributed by atoms with Gasteiger partial charge in [-0.1, -0.05) is 12.1 Å². The predicted molar refractivity (Wildman–Crippen MR) is 88.6 cm³/mol. The minimum absolute atomic E-state index is 0.252. The molecule has 0 atom stereocenters. The summed E-state index contributed by atoms with van der Waals surface area (Å²) in [4.78, 5) is 12.5. The van der Waals surface area contributed by atoms with Gasteiger partial charge in [0, 0.05) is 19.2 Å². The first-order valence-corrected chi connectivity index (χ1v) is 7.52. The van der Waals surface area contributed by atoms with Gasteiger partial charge in [0.1, 0.15) is 22.9 Å². The van der Waals surface area contributed by atoms with Crippen LogP contribution in [0.1, 0.15) is 16.2 Å². The highest BCUT2D eigenvalue weighted by atomic mass is 16.5. The Morgan fingerprint density at radius 3 is 2.54 bits per heavy atom. The number of hydrogen-bond donors (Lipinski definition) is 1. The Kier molecular flexibility index (Phi) is 4.60. The minimum Gasteiger partial charge on any atom is -0.496 e. The molecule has 7 nitrogen and oxygen atoms in total. The molecule has 0 spiro atoms. The molecule has 0 aliphatic heterocycles. The van der Waals surface area contributed by atoms with Crippen molar-refractivity contribution in [2.45, 2.75) is 6.42 Å². The molecule has 3 aromatic rings. The second kappa shape index (κ2) is 6.99. The third-order valence-electron chi connectivity index (χ3n) is 3.67. The van der Waals surface area contributed by atoms with Gasteiger partial charge in [-0.25, -0.2) is 0 Å². The zero-order chi connectivity index (χ0) is 16.9. The standard InChI is InChI=1S/C17H18N4O3/c1-23-12-6-5-7-13(24-2)16(12)17(22)18-10-9-15-20-19-14-8-3-4-11-21(14)15/h3-8,11H,9-10H2,1-2H3,(H,18,22). The molecule has 0 aliphatic rings. The Balaban J connectivity index is 1.70. The highest BCUT2D eigenvalue weighted by Gasteiger charge is 2.17. The number of rotatable bonds is 6. The van der Waals surface area contributed by atoms with Gasteiger partial charge in [0.2, 0.25) is 0 Å². The van der Waals surface area contributed by atoms with Gasteiger partial charge in [-0.3, -0.25) is 9.20 Å². The SMILES string of the molecule is COc1cccc(OC)c1C(=O)NCCc1nnc2ccccn12. The van der Waals surface area contributed by atoms with Crippen LogP contribution in [0.3, 0.4) is 0 Å². The summed E-state index contributed by atoms with van der Waals surface area (Å²) >= 11 is 0.